The molecule has 1 aliphatic rings. The number of H-pyrrole nitrogens is 1. The third-order valence-corrected chi connectivity index (χ3v) is 5.20. The molecule has 0 bridgehead atoms. The number of hydrogen-bond acceptors (Lipinski definition) is 4. The smallest absolute Gasteiger partial charge is 0.271 e. The summed E-state index contributed by atoms with van der Waals surface area (Å²) in [6, 6.07) is 2.09. The van der Waals surface area contributed by atoms with Crippen molar-refractivity contribution < 1.29 is 4.79 Å². The zero-order valence-corrected chi connectivity index (χ0v) is 11.8. The van der Waals surface area contributed by atoms with Crippen molar-refractivity contribution in [3.63, 3.8) is 0 Å². The molecule has 3 heterocycles. The average molecular weight is 279 g/mol. The van der Waals surface area contributed by atoms with E-state index in [1.807, 2.05) is 11.8 Å². The third-order valence-electron chi connectivity index (χ3n) is 2.96. The van der Waals surface area contributed by atoms with E-state index in [1.54, 1.807) is 30.3 Å². The van der Waals surface area contributed by atoms with Crippen molar-refractivity contribution >= 4 is 29.0 Å². The van der Waals surface area contributed by atoms with Gasteiger partial charge in [0.25, 0.3) is 5.91 Å². The summed E-state index contributed by atoms with van der Waals surface area (Å²) in [5, 5.41) is 9.34. The van der Waals surface area contributed by atoms with Crippen LogP contribution in [-0.2, 0) is 6.42 Å². The summed E-state index contributed by atoms with van der Waals surface area (Å²) in [5.41, 5.74) is 3.79. The maximum atomic E-state index is 12.1. The van der Waals surface area contributed by atoms with Crippen molar-refractivity contribution in [2.24, 2.45) is 0 Å². The summed E-state index contributed by atoms with van der Waals surface area (Å²) in [4.78, 5) is 13.7. The maximum absolute atomic E-state index is 12.1. The van der Waals surface area contributed by atoms with Gasteiger partial charge in [-0.1, -0.05) is 0 Å². The van der Waals surface area contributed by atoms with E-state index in [9.17, 15) is 4.79 Å². The van der Waals surface area contributed by atoms with E-state index in [4.69, 9.17) is 0 Å². The van der Waals surface area contributed by atoms with Crippen LogP contribution in [0.5, 0.6) is 0 Å². The van der Waals surface area contributed by atoms with E-state index < -0.39 is 0 Å². The Bertz CT molecular complexity index is 600. The number of nitrogens with one attached hydrogen (secondary N) is 1. The van der Waals surface area contributed by atoms with Crippen LogP contribution in [0.2, 0.25) is 0 Å². The first-order valence-electron chi connectivity index (χ1n) is 5.68. The summed E-state index contributed by atoms with van der Waals surface area (Å²) in [6.45, 7) is 0. The number of fused-ring (bicyclic) bond motifs is 3. The largest absolute Gasteiger partial charge is 0.343 e. The molecule has 6 heteroatoms. The molecule has 94 valence electrons. The van der Waals surface area contributed by atoms with E-state index in [1.165, 1.54) is 4.21 Å². The van der Waals surface area contributed by atoms with Crippen LogP contribution < -0.4 is 0 Å². The molecule has 0 spiro atoms. The average Bonchev–Trinajstić information content (AvgIpc) is 2.92. The summed E-state index contributed by atoms with van der Waals surface area (Å²) < 4.78 is 1.30. The van der Waals surface area contributed by atoms with Gasteiger partial charge in [-0.25, -0.2) is 0 Å². The Morgan fingerprint density at radius 1 is 1.50 bits per heavy atom. The number of thiophene rings is 1. The molecule has 0 radical (unpaired) electrons. The molecule has 0 saturated heterocycles. The van der Waals surface area contributed by atoms with Gasteiger partial charge in [-0.2, -0.15) is 5.10 Å². The summed E-state index contributed by atoms with van der Waals surface area (Å²) >= 11 is 3.59. The van der Waals surface area contributed by atoms with E-state index >= 15 is 0 Å². The highest BCUT2D eigenvalue weighted by Crippen LogP contribution is 2.40. The molecular weight excluding hydrogens is 266 g/mol. The Labute approximate surface area is 113 Å². The van der Waals surface area contributed by atoms with Crippen LogP contribution in [0.15, 0.2) is 15.7 Å². The monoisotopic (exact) mass is 279 g/mol. The van der Waals surface area contributed by atoms with E-state index in [2.05, 4.69) is 21.6 Å². The van der Waals surface area contributed by atoms with Crippen molar-refractivity contribution in [3.05, 3.63) is 22.7 Å². The van der Waals surface area contributed by atoms with Crippen LogP contribution in [0.25, 0.3) is 11.3 Å². The molecule has 1 aliphatic heterocycles. The SMILES string of the molecule is CN(C)C(=O)c1[nH]nc2c1CCSc1sccc1-2. The van der Waals surface area contributed by atoms with Gasteiger partial charge in [0.05, 0.1) is 9.90 Å². The number of thioether (sulfide) groups is 1. The minimum absolute atomic E-state index is 0.00701. The lowest BCUT2D eigenvalue weighted by atomic mass is 10.1. The topological polar surface area (TPSA) is 49.0 Å². The van der Waals surface area contributed by atoms with E-state index in [-0.39, 0.29) is 5.91 Å². The predicted molar refractivity (Wildman–Crippen MR) is 74.3 cm³/mol. The van der Waals surface area contributed by atoms with E-state index in [0.717, 1.165) is 29.0 Å². The lowest BCUT2D eigenvalue weighted by molar-refractivity contribution is 0.0821. The van der Waals surface area contributed by atoms with Crippen molar-refractivity contribution in [1.29, 1.82) is 0 Å². The van der Waals surface area contributed by atoms with Gasteiger partial charge in [-0.3, -0.25) is 9.89 Å². The second-order valence-corrected chi connectivity index (χ2v) is 6.63. The molecule has 0 unspecified atom stereocenters. The molecule has 1 amide bonds. The molecule has 1 N–H and O–H groups in total. The number of hydrogen-bond donors (Lipinski definition) is 1. The first-order chi connectivity index (χ1) is 8.68. The molecule has 18 heavy (non-hydrogen) atoms. The first-order valence-corrected chi connectivity index (χ1v) is 7.54. The molecule has 2 aromatic heterocycles. The molecule has 0 fully saturated rings. The highest BCUT2D eigenvalue weighted by atomic mass is 32.2. The van der Waals surface area contributed by atoms with Gasteiger partial charge >= 0.3 is 0 Å². The fourth-order valence-corrected chi connectivity index (χ4v) is 4.18. The van der Waals surface area contributed by atoms with Crippen LogP contribution in [-0.4, -0.2) is 40.9 Å². The minimum atomic E-state index is -0.00701. The molecule has 2 aromatic rings. The zero-order chi connectivity index (χ0) is 12.7. The third kappa shape index (κ3) is 1.76. The van der Waals surface area contributed by atoms with Crippen molar-refractivity contribution in [3.8, 4) is 11.3 Å². The second-order valence-electron chi connectivity index (χ2n) is 4.35. The van der Waals surface area contributed by atoms with Crippen LogP contribution >= 0.6 is 23.1 Å². The van der Waals surface area contributed by atoms with Crippen molar-refractivity contribution in [2.45, 2.75) is 10.6 Å². The second kappa shape index (κ2) is 4.44. The number of carbonyl (C=O) groups is 1. The molecule has 0 aromatic carbocycles. The van der Waals surface area contributed by atoms with Gasteiger partial charge in [-0.05, 0) is 17.9 Å². The quantitative estimate of drug-likeness (QED) is 0.872. The molecule has 0 saturated carbocycles. The van der Waals surface area contributed by atoms with Crippen LogP contribution in [0.4, 0.5) is 0 Å². The molecule has 0 aliphatic carbocycles. The Morgan fingerprint density at radius 3 is 3.11 bits per heavy atom. The number of rotatable bonds is 1. The first kappa shape index (κ1) is 11.8. The predicted octanol–water partition coefficient (Wildman–Crippen LogP) is 2.49. The fraction of sp³-hybridized carbons (Fsp3) is 0.333. The summed E-state index contributed by atoms with van der Waals surface area (Å²) in [5.74, 6) is 0.987. The molecule has 4 nitrogen and oxygen atoms in total. The van der Waals surface area contributed by atoms with Crippen molar-refractivity contribution in [1.82, 2.24) is 15.1 Å². The lowest BCUT2D eigenvalue weighted by Gasteiger charge is -2.09. The minimum Gasteiger partial charge on any atom is -0.343 e. The molecular formula is C12H13N3OS2. The van der Waals surface area contributed by atoms with Gasteiger partial charge < -0.3 is 4.90 Å². The fourth-order valence-electron chi connectivity index (χ4n) is 2.06. The zero-order valence-electron chi connectivity index (χ0n) is 10.2. The van der Waals surface area contributed by atoms with Gasteiger partial charge in [0.15, 0.2) is 0 Å². The number of carbonyl (C=O) groups excluding carboxylic acids is 1. The molecule has 3 rings (SSSR count). The Hall–Kier alpha value is -1.27. The highest BCUT2D eigenvalue weighted by molar-refractivity contribution is 8.01. The number of amides is 1. The van der Waals surface area contributed by atoms with Crippen LogP contribution in [0.3, 0.4) is 0 Å². The Balaban J connectivity index is 2.13. The highest BCUT2D eigenvalue weighted by Gasteiger charge is 2.25. The Kier molecular flexibility index (Phi) is 2.91. The Morgan fingerprint density at radius 2 is 2.33 bits per heavy atom. The summed E-state index contributed by atoms with van der Waals surface area (Å²) in [6.07, 6.45) is 0.882. The normalized spacial score (nSPS) is 13.7. The van der Waals surface area contributed by atoms with Crippen LogP contribution in [0, 0.1) is 0 Å². The lowest BCUT2D eigenvalue weighted by Crippen LogP contribution is -2.23. The van der Waals surface area contributed by atoms with Crippen molar-refractivity contribution in [2.75, 3.05) is 19.8 Å². The van der Waals surface area contributed by atoms with Gasteiger partial charge in [0, 0.05) is 31.0 Å². The molecule has 0 atom stereocenters. The standard InChI is InChI=1S/C12H13N3OS2/c1-15(2)11(16)10-7-3-5-17-12-8(4-6-18-12)9(7)13-14-10/h4,6H,3,5H2,1-2H3,(H,13,14). The van der Waals surface area contributed by atoms with Gasteiger partial charge in [0.2, 0.25) is 0 Å². The number of nitrogens with zero attached hydrogens (tertiary/aromatic N) is 2. The van der Waals surface area contributed by atoms with Crippen LogP contribution in [0.1, 0.15) is 16.1 Å². The van der Waals surface area contributed by atoms with Gasteiger partial charge in [-0.15, -0.1) is 23.1 Å². The summed E-state index contributed by atoms with van der Waals surface area (Å²) in [7, 11) is 3.52. The van der Waals surface area contributed by atoms with E-state index in [0.29, 0.717) is 5.69 Å². The number of aromatic amines is 1. The van der Waals surface area contributed by atoms with Gasteiger partial charge in [0.1, 0.15) is 5.69 Å². The maximum Gasteiger partial charge on any atom is 0.271 e. The number of aromatic nitrogens is 2.